The van der Waals surface area contributed by atoms with Crippen LogP contribution in [0.25, 0.3) is 0 Å². The van der Waals surface area contributed by atoms with Gasteiger partial charge in [0.2, 0.25) is 0 Å². The minimum atomic E-state index is 0.658. The van der Waals surface area contributed by atoms with Crippen LogP contribution in [0.4, 0.5) is 17.1 Å². The monoisotopic (exact) mass is 237 g/mol. The predicted octanol–water partition coefficient (Wildman–Crippen LogP) is 2.71. The summed E-state index contributed by atoms with van der Waals surface area (Å²) in [6.07, 6.45) is 3.78. The molecule has 0 unspecified atom stereocenters. The van der Waals surface area contributed by atoms with Crippen LogP contribution in [0.5, 0.6) is 0 Å². The number of nitrogen functional groups attached to an aromatic ring is 1. The van der Waals surface area contributed by atoms with E-state index in [-0.39, 0.29) is 0 Å². The molecule has 16 heavy (non-hydrogen) atoms. The molecule has 0 radical (unpaired) electrons. The van der Waals surface area contributed by atoms with E-state index in [0.717, 1.165) is 24.8 Å². The summed E-state index contributed by atoms with van der Waals surface area (Å²) in [6, 6.07) is 4.68. The average molecular weight is 238 g/mol. The van der Waals surface area contributed by atoms with E-state index in [1.807, 2.05) is 12.1 Å². The summed E-state index contributed by atoms with van der Waals surface area (Å²) in [5.74, 6) is 0. The van der Waals surface area contributed by atoms with Crippen molar-refractivity contribution in [3.05, 3.63) is 17.2 Å². The fraction of sp³-hybridized carbons (Fsp3) is 0.500. The zero-order valence-corrected chi connectivity index (χ0v) is 9.93. The third-order valence-electron chi connectivity index (χ3n) is 3.30. The molecule has 1 saturated carbocycles. The summed E-state index contributed by atoms with van der Waals surface area (Å²) in [7, 11) is 0. The molecule has 1 aliphatic heterocycles. The average Bonchev–Trinajstić information content (AvgIpc) is 3.05. The summed E-state index contributed by atoms with van der Waals surface area (Å²) in [6.45, 7) is 2.13. The smallest absolute Gasteiger partial charge is 0.0657 e. The SMILES string of the molecule is Nc1cc2c(cc1Cl)N(C1CC1)CCCN2. The molecule has 3 nitrogen and oxygen atoms in total. The van der Waals surface area contributed by atoms with Crippen molar-refractivity contribution < 1.29 is 0 Å². The maximum absolute atomic E-state index is 6.11. The standard InChI is InChI=1S/C12H16ClN3/c13-9-6-12-11(7-10(9)14)15-4-1-5-16(12)8-2-3-8/h6-8,15H,1-5,14H2. The van der Waals surface area contributed by atoms with Gasteiger partial charge in [0.15, 0.2) is 0 Å². The number of benzene rings is 1. The Morgan fingerprint density at radius 3 is 2.94 bits per heavy atom. The van der Waals surface area contributed by atoms with Gasteiger partial charge in [0.25, 0.3) is 0 Å². The van der Waals surface area contributed by atoms with Crippen LogP contribution in [0, 0.1) is 0 Å². The normalized spacial score (nSPS) is 19.9. The van der Waals surface area contributed by atoms with Gasteiger partial charge in [-0.15, -0.1) is 0 Å². The third kappa shape index (κ3) is 1.69. The topological polar surface area (TPSA) is 41.3 Å². The van der Waals surface area contributed by atoms with Gasteiger partial charge >= 0.3 is 0 Å². The summed E-state index contributed by atoms with van der Waals surface area (Å²) in [5, 5.41) is 4.09. The summed E-state index contributed by atoms with van der Waals surface area (Å²) in [5.41, 5.74) is 8.85. The van der Waals surface area contributed by atoms with Gasteiger partial charge in [-0.1, -0.05) is 11.6 Å². The van der Waals surface area contributed by atoms with Crippen LogP contribution in [0.15, 0.2) is 12.1 Å². The van der Waals surface area contributed by atoms with Crippen LogP contribution in [-0.4, -0.2) is 19.1 Å². The maximum atomic E-state index is 6.11. The van der Waals surface area contributed by atoms with Gasteiger partial charge in [-0.2, -0.15) is 0 Å². The molecule has 0 atom stereocenters. The second-order valence-electron chi connectivity index (χ2n) is 4.60. The zero-order chi connectivity index (χ0) is 11.1. The Hall–Kier alpha value is -1.09. The number of nitrogens with one attached hydrogen (secondary N) is 1. The van der Waals surface area contributed by atoms with E-state index in [0.29, 0.717) is 10.7 Å². The highest BCUT2D eigenvalue weighted by Crippen LogP contribution is 2.40. The lowest BCUT2D eigenvalue weighted by molar-refractivity contribution is 0.760. The van der Waals surface area contributed by atoms with Gasteiger partial charge in [0.1, 0.15) is 0 Å². The van der Waals surface area contributed by atoms with Crippen LogP contribution in [0.1, 0.15) is 19.3 Å². The van der Waals surface area contributed by atoms with Crippen LogP contribution < -0.4 is 16.0 Å². The minimum Gasteiger partial charge on any atom is -0.397 e. The van der Waals surface area contributed by atoms with E-state index in [1.165, 1.54) is 24.9 Å². The van der Waals surface area contributed by atoms with E-state index in [1.54, 1.807) is 0 Å². The Labute approximate surface area is 101 Å². The number of fused-ring (bicyclic) bond motifs is 1. The highest BCUT2D eigenvalue weighted by Gasteiger charge is 2.31. The summed E-state index contributed by atoms with van der Waals surface area (Å²) >= 11 is 6.11. The first-order chi connectivity index (χ1) is 7.75. The number of hydrogen-bond donors (Lipinski definition) is 2. The fourth-order valence-corrected chi connectivity index (χ4v) is 2.48. The molecule has 0 spiro atoms. The molecule has 4 heteroatoms. The van der Waals surface area contributed by atoms with E-state index >= 15 is 0 Å². The van der Waals surface area contributed by atoms with E-state index in [2.05, 4.69) is 10.2 Å². The molecule has 0 bridgehead atoms. The summed E-state index contributed by atoms with van der Waals surface area (Å²) < 4.78 is 0. The first kappa shape index (κ1) is 10.1. The Bertz CT molecular complexity index is 415. The van der Waals surface area contributed by atoms with E-state index < -0.39 is 0 Å². The molecule has 1 aliphatic carbocycles. The van der Waals surface area contributed by atoms with Crippen molar-refractivity contribution in [2.75, 3.05) is 29.0 Å². The van der Waals surface area contributed by atoms with Crippen molar-refractivity contribution in [2.45, 2.75) is 25.3 Å². The molecule has 3 rings (SSSR count). The number of halogens is 1. The van der Waals surface area contributed by atoms with Gasteiger partial charge < -0.3 is 16.0 Å². The van der Waals surface area contributed by atoms with Crippen LogP contribution in [0.3, 0.4) is 0 Å². The lowest BCUT2D eigenvalue weighted by Gasteiger charge is -2.24. The molecule has 0 saturated heterocycles. The van der Waals surface area contributed by atoms with Crippen molar-refractivity contribution in [1.29, 1.82) is 0 Å². The molecule has 0 aromatic heterocycles. The zero-order valence-electron chi connectivity index (χ0n) is 9.17. The van der Waals surface area contributed by atoms with Gasteiger partial charge in [-0.3, -0.25) is 0 Å². The van der Waals surface area contributed by atoms with Gasteiger partial charge in [-0.05, 0) is 31.4 Å². The van der Waals surface area contributed by atoms with Crippen LogP contribution in [-0.2, 0) is 0 Å². The molecule has 1 fully saturated rings. The predicted molar refractivity (Wildman–Crippen MR) is 69.3 cm³/mol. The van der Waals surface area contributed by atoms with E-state index in [9.17, 15) is 0 Å². The lowest BCUT2D eigenvalue weighted by atomic mass is 10.2. The fourth-order valence-electron chi connectivity index (χ4n) is 2.32. The number of hydrogen-bond acceptors (Lipinski definition) is 3. The second-order valence-corrected chi connectivity index (χ2v) is 5.00. The van der Waals surface area contributed by atoms with Crippen molar-refractivity contribution in [1.82, 2.24) is 0 Å². The maximum Gasteiger partial charge on any atom is 0.0657 e. The van der Waals surface area contributed by atoms with E-state index in [4.69, 9.17) is 17.3 Å². The van der Waals surface area contributed by atoms with Crippen molar-refractivity contribution >= 4 is 28.7 Å². The second kappa shape index (κ2) is 3.74. The largest absolute Gasteiger partial charge is 0.397 e. The van der Waals surface area contributed by atoms with Crippen molar-refractivity contribution in [3.8, 4) is 0 Å². The molecular weight excluding hydrogens is 222 g/mol. The minimum absolute atomic E-state index is 0.658. The van der Waals surface area contributed by atoms with Crippen LogP contribution >= 0.6 is 11.6 Å². The number of anilines is 3. The summed E-state index contributed by atoms with van der Waals surface area (Å²) in [4.78, 5) is 2.47. The first-order valence-electron chi connectivity index (χ1n) is 5.85. The molecule has 3 N–H and O–H groups in total. The van der Waals surface area contributed by atoms with Crippen molar-refractivity contribution in [2.24, 2.45) is 0 Å². The quantitative estimate of drug-likeness (QED) is 0.738. The molecule has 1 aromatic carbocycles. The Balaban J connectivity index is 2.05. The molecule has 86 valence electrons. The molecular formula is C12H16ClN3. The lowest BCUT2D eigenvalue weighted by Crippen LogP contribution is -2.26. The highest BCUT2D eigenvalue weighted by atomic mass is 35.5. The van der Waals surface area contributed by atoms with Gasteiger partial charge in [0.05, 0.1) is 22.1 Å². The Morgan fingerprint density at radius 1 is 1.38 bits per heavy atom. The highest BCUT2D eigenvalue weighted by molar-refractivity contribution is 6.33. The number of rotatable bonds is 1. The van der Waals surface area contributed by atoms with Gasteiger partial charge in [0, 0.05) is 19.1 Å². The Kier molecular flexibility index (Phi) is 2.36. The first-order valence-corrected chi connectivity index (χ1v) is 6.23. The number of nitrogens with two attached hydrogens (primary N) is 1. The van der Waals surface area contributed by atoms with Gasteiger partial charge in [-0.25, -0.2) is 0 Å². The molecule has 1 aromatic rings. The molecule has 0 amide bonds. The third-order valence-corrected chi connectivity index (χ3v) is 3.63. The molecule has 1 heterocycles. The van der Waals surface area contributed by atoms with Crippen molar-refractivity contribution in [3.63, 3.8) is 0 Å². The molecule has 2 aliphatic rings. The number of nitrogens with zero attached hydrogens (tertiary/aromatic N) is 1. The van der Waals surface area contributed by atoms with Crippen LogP contribution in [0.2, 0.25) is 5.02 Å². The Morgan fingerprint density at radius 2 is 2.19 bits per heavy atom.